The van der Waals surface area contributed by atoms with Gasteiger partial charge in [-0.3, -0.25) is 0 Å². The summed E-state index contributed by atoms with van der Waals surface area (Å²) in [7, 11) is 0. The Hall–Kier alpha value is -0.810. The molecule has 0 aromatic rings. The highest BCUT2D eigenvalue weighted by atomic mass is 16.6. The van der Waals surface area contributed by atoms with Crippen molar-refractivity contribution in [2.24, 2.45) is 5.92 Å². The van der Waals surface area contributed by atoms with E-state index in [0.717, 1.165) is 26.0 Å². The average molecular weight is 314 g/mol. The van der Waals surface area contributed by atoms with E-state index in [1.807, 2.05) is 20.8 Å². The van der Waals surface area contributed by atoms with E-state index in [1.165, 1.54) is 0 Å². The van der Waals surface area contributed by atoms with E-state index in [0.29, 0.717) is 12.0 Å². The minimum absolute atomic E-state index is 0.0563. The molecule has 1 amide bonds. The van der Waals surface area contributed by atoms with Gasteiger partial charge in [0.05, 0.1) is 5.60 Å². The maximum atomic E-state index is 11.9. The number of ether oxygens (including phenoxy) is 2. The zero-order valence-electron chi connectivity index (χ0n) is 15.3. The summed E-state index contributed by atoms with van der Waals surface area (Å²) < 4.78 is 11.1. The Bertz CT molecular complexity index is 361. The first kappa shape index (κ1) is 19.2. The SMILES string of the molecule is CC(C)C(CNC1CCOC(C)(C)C1)NC(=O)OC(C)(C)C. The number of rotatable bonds is 5. The van der Waals surface area contributed by atoms with Crippen LogP contribution in [0, 0.1) is 5.92 Å². The lowest BCUT2D eigenvalue weighted by atomic mass is 9.93. The number of carbonyl (C=O) groups excluding carboxylic acids is 1. The molecule has 5 heteroatoms. The summed E-state index contributed by atoms with van der Waals surface area (Å²) in [4.78, 5) is 11.9. The van der Waals surface area contributed by atoms with Crippen molar-refractivity contribution in [3.8, 4) is 0 Å². The van der Waals surface area contributed by atoms with Gasteiger partial charge in [-0.15, -0.1) is 0 Å². The van der Waals surface area contributed by atoms with E-state index in [2.05, 4.69) is 38.3 Å². The van der Waals surface area contributed by atoms with Crippen molar-refractivity contribution in [3.05, 3.63) is 0 Å². The van der Waals surface area contributed by atoms with Crippen LogP contribution in [0.1, 0.15) is 61.3 Å². The van der Waals surface area contributed by atoms with Crippen molar-refractivity contribution >= 4 is 6.09 Å². The van der Waals surface area contributed by atoms with Gasteiger partial charge in [0.25, 0.3) is 0 Å². The Balaban J connectivity index is 2.46. The highest BCUT2D eigenvalue weighted by molar-refractivity contribution is 5.68. The molecule has 0 aromatic heterocycles. The maximum Gasteiger partial charge on any atom is 0.407 e. The Morgan fingerprint density at radius 1 is 1.36 bits per heavy atom. The van der Waals surface area contributed by atoms with Crippen LogP contribution in [0.15, 0.2) is 0 Å². The van der Waals surface area contributed by atoms with Crippen LogP contribution >= 0.6 is 0 Å². The molecule has 0 radical (unpaired) electrons. The summed E-state index contributed by atoms with van der Waals surface area (Å²) in [6.07, 6.45) is 1.66. The topological polar surface area (TPSA) is 59.6 Å². The lowest BCUT2D eigenvalue weighted by Crippen LogP contribution is -2.51. The summed E-state index contributed by atoms with van der Waals surface area (Å²) in [5, 5.41) is 6.55. The van der Waals surface area contributed by atoms with Crippen LogP contribution in [-0.2, 0) is 9.47 Å². The minimum atomic E-state index is -0.468. The molecule has 0 aliphatic carbocycles. The summed E-state index contributed by atoms with van der Waals surface area (Å²) in [5.41, 5.74) is -0.536. The Morgan fingerprint density at radius 3 is 2.50 bits per heavy atom. The minimum Gasteiger partial charge on any atom is -0.444 e. The highest BCUT2D eigenvalue weighted by Gasteiger charge is 2.29. The summed E-state index contributed by atoms with van der Waals surface area (Å²) in [6, 6.07) is 0.492. The number of amides is 1. The molecular weight excluding hydrogens is 280 g/mol. The second kappa shape index (κ2) is 7.64. The van der Waals surface area contributed by atoms with E-state index in [1.54, 1.807) is 0 Å². The second-order valence-corrected chi connectivity index (χ2v) is 8.20. The van der Waals surface area contributed by atoms with E-state index in [-0.39, 0.29) is 17.7 Å². The van der Waals surface area contributed by atoms with E-state index in [9.17, 15) is 4.79 Å². The first-order valence-electron chi connectivity index (χ1n) is 8.35. The molecule has 1 saturated heterocycles. The molecule has 1 fully saturated rings. The summed E-state index contributed by atoms with van der Waals surface area (Å²) >= 11 is 0. The number of nitrogens with one attached hydrogen (secondary N) is 2. The van der Waals surface area contributed by atoms with Crippen LogP contribution in [0.2, 0.25) is 0 Å². The number of alkyl carbamates (subject to hydrolysis) is 1. The zero-order valence-corrected chi connectivity index (χ0v) is 15.3. The molecule has 1 heterocycles. The van der Waals surface area contributed by atoms with Crippen molar-refractivity contribution in [3.63, 3.8) is 0 Å². The predicted molar refractivity (Wildman–Crippen MR) is 89.1 cm³/mol. The molecular formula is C17H34N2O3. The van der Waals surface area contributed by atoms with E-state index < -0.39 is 5.60 Å². The Kier molecular flexibility index (Phi) is 6.68. The molecule has 0 saturated carbocycles. The van der Waals surface area contributed by atoms with Crippen LogP contribution in [0.3, 0.4) is 0 Å². The molecule has 22 heavy (non-hydrogen) atoms. The number of hydrogen-bond donors (Lipinski definition) is 2. The third-order valence-electron chi connectivity index (χ3n) is 3.83. The van der Waals surface area contributed by atoms with Gasteiger partial charge in [-0.2, -0.15) is 0 Å². The maximum absolute atomic E-state index is 11.9. The lowest BCUT2D eigenvalue weighted by molar-refractivity contribution is -0.0631. The van der Waals surface area contributed by atoms with Crippen molar-refractivity contribution in [1.82, 2.24) is 10.6 Å². The first-order chi connectivity index (χ1) is 9.98. The van der Waals surface area contributed by atoms with Crippen molar-refractivity contribution in [2.75, 3.05) is 13.2 Å². The molecule has 2 atom stereocenters. The predicted octanol–water partition coefficient (Wildman–Crippen LogP) is 3.08. The average Bonchev–Trinajstić information content (AvgIpc) is 2.30. The van der Waals surface area contributed by atoms with Gasteiger partial charge in [-0.1, -0.05) is 13.8 Å². The Labute approximate surface area is 135 Å². The smallest absolute Gasteiger partial charge is 0.407 e. The van der Waals surface area contributed by atoms with Gasteiger partial charge in [-0.25, -0.2) is 4.79 Å². The van der Waals surface area contributed by atoms with Gasteiger partial charge in [0, 0.05) is 25.2 Å². The third-order valence-corrected chi connectivity index (χ3v) is 3.83. The summed E-state index contributed by atoms with van der Waals surface area (Å²) in [5.74, 6) is 0.341. The van der Waals surface area contributed by atoms with Crippen molar-refractivity contribution < 1.29 is 14.3 Å². The third kappa shape index (κ3) is 7.45. The van der Waals surface area contributed by atoms with Crippen molar-refractivity contribution in [2.45, 2.75) is 84.6 Å². The normalized spacial score (nSPS) is 23.2. The zero-order chi connectivity index (χ0) is 17.0. The Morgan fingerprint density at radius 2 is 2.00 bits per heavy atom. The molecule has 2 unspecified atom stereocenters. The monoisotopic (exact) mass is 314 g/mol. The fraction of sp³-hybridized carbons (Fsp3) is 0.941. The molecule has 5 nitrogen and oxygen atoms in total. The number of hydrogen-bond acceptors (Lipinski definition) is 4. The molecule has 1 aliphatic rings. The molecule has 0 spiro atoms. The first-order valence-corrected chi connectivity index (χ1v) is 8.35. The van der Waals surface area contributed by atoms with Crippen LogP contribution in [0.25, 0.3) is 0 Å². The molecule has 130 valence electrons. The van der Waals surface area contributed by atoms with Crippen molar-refractivity contribution in [1.29, 1.82) is 0 Å². The molecule has 0 aromatic carbocycles. The van der Waals surface area contributed by atoms with Gasteiger partial charge in [0.2, 0.25) is 0 Å². The summed E-state index contributed by atoms with van der Waals surface area (Å²) in [6.45, 7) is 15.6. The van der Waals surface area contributed by atoms with Gasteiger partial charge in [0.15, 0.2) is 0 Å². The fourth-order valence-electron chi connectivity index (χ4n) is 2.61. The second-order valence-electron chi connectivity index (χ2n) is 8.20. The van der Waals surface area contributed by atoms with Crippen LogP contribution in [0.5, 0.6) is 0 Å². The van der Waals surface area contributed by atoms with Gasteiger partial charge >= 0.3 is 6.09 Å². The molecule has 1 rings (SSSR count). The van der Waals surface area contributed by atoms with Gasteiger partial charge in [-0.05, 0) is 53.4 Å². The standard InChI is InChI=1S/C17H34N2O3/c1-12(2)14(19-15(20)22-16(3,4)5)11-18-13-8-9-21-17(6,7)10-13/h12-14,18H,8-11H2,1-7H3,(H,19,20). The number of carbonyl (C=O) groups is 1. The molecule has 0 bridgehead atoms. The van der Waals surface area contributed by atoms with Crippen LogP contribution in [0.4, 0.5) is 4.79 Å². The van der Waals surface area contributed by atoms with Crippen LogP contribution in [-0.4, -0.2) is 42.5 Å². The largest absolute Gasteiger partial charge is 0.444 e. The molecule has 1 aliphatic heterocycles. The van der Waals surface area contributed by atoms with E-state index in [4.69, 9.17) is 9.47 Å². The van der Waals surface area contributed by atoms with E-state index >= 15 is 0 Å². The van der Waals surface area contributed by atoms with Gasteiger partial charge in [0.1, 0.15) is 5.60 Å². The fourth-order valence-corrected chi connectivity index (χ4v) is 2.61. The molecule has 2 N–H and O–H groups in total. The lowest BCUT2D eigenvalue weighted by Gasteiger charge is -2.37. The van der Waals surface area contributed by atoms with Gasteiger partial charge < -0.3 is 20.1 Å². The quantitative estimate of drug-likeness (QED) is 0.819. The highest BCUT2D eigenvalue weighted by Crippen LogP contribution is 2.24. The van der Waals surface area contributed by atoms with Crippen LogP contribution < -0.4 is 10.6 Å².